The number of anilines is 1. The highest BCUT2D eigenvalue weighted by Gasteiger charge is 2.17. The van der Waals surface area contributed by atoms with Crippen LogP contribution in [0.4, 0.5) is 5.69 Å². The molecule has 1 unspecified atom stereocenters. The summed E-state index contributed by atoms with van der Waals surface area (Å²) in [5.41, 5.74) is 3.36. The smallest absolute Gasteiger partial charge is 0.346 e. The van der Waals surface area contributed by atoms with Gasteiger partial charge in [0.15, 0.2) is 6.10 Å². The second-order valence-electron chi connectivity index (χ2n) is 7.49. The van der Waals surface area contributed by atoms with Gasteiger partial charge >= 0.3 is 5.97 Å². The molecule has 0 saturated heterocycles. The Morgan fingerprint density at radius 2 is 1.81 bits per heavy atom. The fourth-order valence-electron chi connectivity index (χ4n) is 3.64. The summed E-state index contributed by atoms with van der Waals surface area (Å²) >= 11 is 1.91. The normalized spacial score (nSPS) is 13.8. The quantitative estimate of drug-likeness (QED) is 0.436. The number of thioether (sulfide) groups is 1. The first kappa shape index (κ1) is 22.1. The van der Waals surface area contributed by atoms with Gasteiger partial charge < -0.3 is 19.1 Å². The number of rotatable bonds is 8. The number of nitrogens with zero attached hydrogens (tertiary/aromatic N) is 1. The summed E-state index contributed by atoms with van der Waals surface area (Å²) < 4.78 is 16.4. The Morgan fingerprint density at radius 3 is 2.62 bits per heavy atom. The molecule has 32 heavy (non-hydrogen) atoms. The lowest BCUT2D eigenvalue weighted by molar-refractivity contribution is -0.147. The molecule has 0 aromatic heterocycles. The Bertz CT molecular complexity index is 1050. The molecule has 166 valence electrons. The van der Waals surface area contributed by atoms with Crippen molar-refractivity contribution >= 4 is 23.4 Å². The Kier molecular flexibility index (Phi) is 7.22. The van der Waals surface area contributed by atoms with Gasteiger partial charge in [-0.15, -0.1) is 11.8 Å². The summed E-state index contributed by atoms with van der Waals surface area (Å²) in [6.07, 6.45) is -0.656. The zero-order valence-corrected chi connectivity index (χ0v) is 19.1. The van der Waals surface area contributed by atoms with Crippen molar-refractivity contribution in [3.05, 3.63) is 72.8 Å². The second kappa shape index (κ2) is 10.5. The maximum atomic E-state index is 11.6. The summed E-state index contributed by atoms with van der Waals surface area (Å²) in [6, 6.07) is 24.3. The number of esters is 1. The van der Waals surface area contributed by atoms with E-state index in [1.54, 1.807) is 6.92 Å². The number of fused-ring (bicyclic) bond motifs is 1. The highest BCUT2D eigenvalue weighted by atomic mass is 32.2. The topological polar surface area (TPSA) is 48.0 Å². The molecule has 0 saturated carbocycles. The fourth-order valence-corrected chi connectivity index (χ4v) is 4.69. The number of para-hydroxylation sites is 1. The van der Waals surface area contributed by atoms with Crippen molar-refractivity contribution in [2.45, 2.75) is 17.9 Å². The zero-order chi connectivity index (χ0) is 22.3. The number of ether oxygens (including phenoxy) is 3. The number of hydrogen-bond donors (Lipinski definition) is 0. The van der Waals surface area contributed by atoms with E-state index in [1.165, 1.54) is 17.7 Å². The van der Waals surface area contributed by atoms with Gasteiger partial charge in [-0.25, -0.2) is 4.79 Å². The third-order valence-electron chi connectivity index (χ3n) is 5.32. The molecule has 1 aliphatic heterocycles. The van der Waals surface area contributed by atoms with E-state index in [4.69, 9.17) is 14.2 Å². The first-order chi connectivity index (χ1) is 15.6. The molecule has 0 bridgehead atoms. The summed E-state index contributed by atoms with van der Waals surface area (Å²) in [7, 11) is 1.35. The van der Waals surface area contributed by atoms with Crippen LogP contribution in [-0.2, 0) is 9.53 Å². The van der Waals surface area contributed by atoms with Gasteiger partial charge in [0, 0.05) is 17.2 Å². The van der Waals surface area contributed by atoms with E-state index in [2.05, 4.69) is 29.2 Å². The number of carbonyl (C=O) groups excluding carboxylic acids is 1. The van der Waals surface area contributed by atoms with Gasteiger partial charge in [-0.3, -0.25) is 0 Å². The Balaban J connectivity index is 1.34. The van der Waals surface area contributed by atoms with Gasteiger partial charge in [-0.1, -0.05) is 36.4 Å². The van der Waals surface area contributed by atoms with Gasteiger partial charge in [-0.2, -0.15) is 0 Å². The molecule has 5 nitrogen and oxygen atoms in total. The minimum Gasteiger partial charge on any atom is -0.492 e. The van der Waals surface area contributed by atoms with Crippen LogP contribution in [0.3, 0.4) is 0 Å². The molecule has 6 heteroatoms. The second-order valence-corrected chi connectivity index (χ2v) is 8.62. The minimum absolute atomic E-state index is 0.399. The lowest BCUT2D eigenvalue weighted by Crippen LogP contribution is -2.33. The van der Waals surface area contributed by atoms with Crippen LogP contribution in [0.1, 0.15) is 6.92 Å². The van der Waals surface area contributed by atoms with E-state index in [0.29, 0.717) is 12.4 Å². The van der Waals surface area contributed by atoms with Crippen LogP contribution >= 0.6 is 11.8 Å². The third-order valence-corrected chi connectivity index (χ3v) is 6.37. The monoisotopic (exact) mass is 449 g/mol. The van der Waals surface area contributed by atoms with Crippen LogP contribution in [0.2, 0.25) is 0 Å². The van der Waals surface area contributed by atoms with E-state index >= 15 is 0 Å². The molecule has 0 fully saturated rings. The molecule has 0 aliphatic carbocycles. The number of hydrogen-bond acceptors (Lipinski definition) is 6. The van der Waals surface area contributed by atoms with Gasteiger partial charge in [0.25, 0.3) is 0 Å². The van der Waals surface area contributed by atoms with E-state index in [9.17, 15) is 4.79 Å². The Labute approximate surface area is 193 Å². The summed E-state index contributed by atoms with van der Waals surface area (Å²) in [6.45, 7) is 4.20. The van der Waals surface area contributed by atoms with Gasteiger partial charge in [0.2, 0.25) is 0 Å². The first-order valence-electron chi connectivity index (χ1n) is 10.7. The minimum atomic E-state index is -0.656. The molecule has 0 amide bonds. The molecule has 3 aromatic rings. The van der Waals surface area contributed by atoms with Crippen molar-refractivity contribution < 1.29 is 19.0 Å². The molecule has 0 N–H and O–H groups in total. The maximum Gasteiger partial charge on any atom is 0.346 e. The van der Waals surface area contributed by atoms with Crippen molar-refractivity contribution in [3.8, 4) is 22.6 Å². The summed E-state index contributed by atoms with van der Waals surface area (Å²) in [5, 5.41) is 0. The van der Waals surface area contributed by atoms with E-state index in [-0.39, 0.29) is 0 Å². The van der Waals surface area contributed by atoms with Gasteiger partial charge in [-0.05, 0) is 54.4 Å². The predicted molar refractivity (Wildman–Crippen MR) is 129 cm³/mol. The molecule has 4 rings (SSSR count). The van der Waals surface area contributed by atoms with Crippen molar-refractivity contribution in [2.75, 3.05) is 37.5 Å². The maximum absolute atomic E-state index is 11.6. The van der Waals surface area contributed by atoms with E-state index in [1.807, 2.05) is 60.3 Å². The number of methoxy groups -OCH3 is 1. The third kappa shape index (κ3) is 5.37. The molecular formula is C26H27NO4S. The average molecular weight is 450 g/mol. The highest BCUT2D eigenvalue weighted by Crippen LogP contribution is 2.34. The number of benzene rings is 3. The molecular weight excluding hydrogens is 422 g/mol. The van der Waals surface area contributed by atoms with Gasteiger partial charge in [0.1, 0.15) is 18.1 Å². The molecule has 3 aromatic carbocycles. The molecule has 0 radical (unpaired) electrons. The largest absolute Gasteiger partial charge is 0.492 e. The van der Waals surface area contributed by atoms with Crippen molar-refractivity contribution in [3.63, 3.8) is 0 Å². The molecule has 1 aliphatic rings. The van der Waals surface area contributed by atoms with Crippen LogP contribution in [0.25, 0.3) is 11.1 Å². The van der Waals surface area contributed by atoms with E-state index in [0.717, 1.165) is 35.7 Å². The molecule has 1 atom stereocenters. The van der Waals surface area contributed by atoms with Crippen LogP contribution in [0.5, 0.6) is 11.5 Å². The lowest BCUT2D eigenvalue weighted by Gasteiger charge is -2.30. The average Bonchev–Trinajstić information content (AvgIpc) is 2.84. The van der Waals surface area contributed by atoms with Gasteiger partial charge in [0.05, 0.1) is 19.3 Å². The standard InChI is InChI=1S/C26H27NO4S/c1-19(26(28)29-2)31-23-7-5-6-21(18-23)20-10-12-22(13-11-20)30-16-14-27-15-17-32-25-9-4-3-8-24(25)27/h3-13,18-19H,14-17H2,1-2H3. The van der Waals surface area contributed by atoms with Crippen LogP contribution < -0.4 is 14.4 Å². The van der Waals surface area contributed by atoms with Crippen molar-refractivity contribution in [2.24, 2.45) is 0 Å². The van der Waals surface area contributed by atoms with E-state index < -0.39 is 12.1 Å². The molecule has 0 spiro atoms. The zero-order valence-electron chi connectivity index (χ0n) is 18.3. The molecule has 1 heterocycles. The van der Waals surface area contributed by atoms with Crippen LogP contribution in [0, 0.1) is 0 Å². The van der Waals surface area contributed by atoms with Crippen LogP contribution in [0.15, 0.2) is 77.7 Å². The lowest BCUT2D eigenvalue weighted by atomic mass is 10.1. The van der Waals surface area contributed by atoms with Crippen LogP contribution in [-0.4, -0.2) is 44.6 Å². The van der Waals surface area contributed by atoms with Crippen molar-refractivity contribution in [1.82, 2.24) is 0 Å². The highest BCUT2D eigenvalue weighted by molar-refractivity contribution is 7.99. The Morgan fingerprint density at radius 1 is 1.00 bits per heavy atom. The summed E-state index contributed by atoms with van der Waals surface area (Å²) in [4.78, 5) is 15.3. The summed E-state index contributed by atoms with van der Waals surface area (Å²) in [5.74, 6) is 2.18. The fraction of sp³-hybridized carbons (Fsp3) is 0.269. The van der Waals surface area contributed by atoms with Crippen molar-refractivity contribution in [1.29, 1.82) is 0 Å². The SMILES string of the molecule is COC(=O)C(C)Oc1cccc(-c2ccc(OCCN3CCSc4ccccc43)cc2)c1. The predicted octanol–water partition coefficient (Wildman–Crippen LogP) is 5.29. The number of carbonyl (C=O) groups is 1. The Hall–Kier alpha value is -3.12. The first-order valence-corrected chi connectivity index (χ1v) is 11.7.